The Bertz CT molecular complexity index is 514. The topological polar surface area (TPSA) is 75.2 Å². The van der Waals surface area contributed by atoms with E-state index in [4.69, 9.17) is 11.6 Å². The molecule has 1 fully saturated rings. The molecule has 0 amide bonds. The maximum Gasteiger partial charge on any atom is 0.302 e. The number of nitrogens with one attached hydrogen (secondary N) is 1. The molecule has 0 saturated carbocycles. The summed E-state index contributed by atoms with van der Waals surface area (Å²) in [6.45, 7) is 3.20. The first-order valence-corrected chi connectivity index (χ1v) is 7.54. The average molecular weight is 291 g/mol. The molecule has 2 heterocycles. The van der Waals surface area contributed by atoms with Crippen LogP contribution in [0.3, 0.4) is 0 Å². The second-order valence-electron chi connectivity index (χ2n) is 4.41. The van der Waals surface area contributed by atoms with E-state index in [9.17, 15) is 8.42 Å². The number of aromatic nitrogens is 2. The Hall–Kier alpha value is -0.920. The van der Waals surface area contributed by atoms with Crippen molar-refractivity contribution in [2.45, 2.75) is 19.8 Å². The summed E-state index contributed by atoms with van der Waals surface area (Å²) in [4.78, 5) is 7.52. The van der Waals surface area contributed by atoms with Gasteiger partial charge in [-0.2, -0.15) is 12.7 Å². The number of nitrogens with zero attached hydrogens (tertiary/aromatic N) is 3. The van der Waals surface area contributed by atoms with Crippen LogP contribution in [0.1, 0.15) is 19.8 Å². The molecule has 2 rings (SSSR count). The summed E-state index contributed by atoms with van der Waals surface area (Å²) < 4.78 is 28.0. The molecule has 0 spiro atoms. The van der Waals surface area contributed by atoms with Crippen LogP contribution in [0.25, 0.3) is 0 Å². The zero-order chi connectivity index (χ0) is 13.2. The third kappa shape index (κ3) is 3.30. The van der Waals surface area contributed by atoms with Gasteiger partial charge in [-0.25, -0.2) is 9.97 Å². The van der Waals surface area contributed by atoms with Gasteiger partial charge in [-0.3, -0.25) is 4.72 Å². The molecule has 1 saturated heterocycles. The summed E-state index contributed by atoms with van der Waals surface area (Å²) in [7, 11) is -3.54. The molecule has 0 bridgehead atoms. The predicted molar refractivity (Wildman–Crippen MR) is 69.6 cm³/mol. The van der Waals surface area contributed by atoms with Gasteiger partial charge in [-0.1, -0.05) is 18.5 Å². The van der Waals surface area contributed by atoms with E-state index in [1.807, 2.05) is 0 Å². The summed E-state index contributed by atoms with van der Waals surface area (Å²) in [6, 6.07) is 1.38. The number of anilines is 1. The number of hydrogen-bond acceptors (Lipinski definition) is 4. The lowest BCUT2D eigenvalue weighted by atomic mass is 10.0. The molecule has 8 heteroatoms. The number of halogens is 1. The smallest absolute Gasteiger partial charge is 0.254 e. The molecular weight excluding hydrogens is 276 g/mol. The lowest BCUT2D eigenvalue weighted by Crippen LogP contribution is -2.41. The summed E-state index contributed by atoms with van der Waals surface area (Å²) in [5.41, 5.74) is 0. The molecule has 0 atom stereocenters. The van der Waals surface area contributed by atoms with Crippen LogP contribution in [0.15, 0.2) is 12.4 Å². The first-order valence-electron chi connectivity index (χ1n) is 5.73. The normalized spacial score (nSPS) is 18.8. The van der Waals surface area contributed by atoms with Crippen molar-refractivity contribution < 1.29 is 8.42 Å². The van der Waals surface area contributed by atoms with Gasteiger partial charge in [0.1, 0.15) is 17.3 Å². The lowest BCUT2D eigenvalue weighted by Gasteiger charge is -2.29. The van der Waals surface area contributed by atoms with Crippen LogP contribution >= 0.6 is 11.6 Å². The first kappa shape index (κ1) is 13.5. The van der Waals surface area contributed by atoms with Crippen molar-refractivity contribution in [2.75, 3.05) is 17.8 Å². The van der Waals surface area contributed by atoms with E-state index >= 15 is 0 Å². The Morgan fingerprint density at radius 2 is 2.06 bits per heavy atom. The Morgan fingerprint density at radius 3 is 2.67 bits per heavy atom. The van der Waals surface area contributed by atoms with Crippen molar-refractivity contribution in [3.63, 3.8) is 0 Å². The highest BCUT2D eigenvalue weighted by atomic mass is 35.5. The summed E-state index contributed by atoms with van der Waals surface area (Å²) in [6.07, 6.45) is 2.98. The van der Waals surface area contributed by atoms with Gasteiger partial charge < -0.3 is 0 Å². The van der Waals surface area contributed by atoms with E-state index in [0.717, 1.165) is 12.8 Å². The van der Waals surface area contributed by atoms with Crippen LogP contribution in [-0.2, 0) is 10.2 Å². The van der Waals surface area contributed by atoms with Gasteiger partial charge >= 0.3 is 10.2 Å². The van der Waals surface area contributed by atoms with Gasteiger partial charge in [0, 0.05) is 19.2 Å². The molecule has 1 N–H and O–H groups in total. The van der Waals surface area contributed by atoms with Crippen molar-refractivity contribution in [2.24, 2.45) is 5.92 Å². The van der Waals surface area contributed by atoms with E-state index in [1.54, 1.807) is 0 Å². The fourth-order valence-corrected chi connectivity index (χ4v) is 3.15. The average Bonchev–Trinajstić information content (AvgIpc) is 2.29. The zero-order valence-corrected chi connectivity index (χ0v) is 11.6. The van der Waals surface area contributed by atoms with E-state index in [-0.39, 0.29) is 11.0 Å². The predicted octanol–water partition coefficient (Wildman–Crippen LogP) is 1.52. The fourth-order valence-electron chi connectivity index (χ4n) is 1.81. The van der Waals surface area contributed by atoms with E-state index in [2.05, 4.69) is 21.6 Å². The molecule has 0 aliphatic carbocycles. The molecule has 1 aliphatic heterocycles. The Kier molecular flexibility index (Phi) is 4.04. The van der Waals surface area contributed by atoms with Gasteiger partial charge in [-0.15, -0.1) is 0 Å². The van der Waals surface area contributed by atoms with Crippen LogP contribution in [0, 0.1) is 5.92 Å². The van der Waals surface area contributed by atoms with Crippen molar-refractivity contribution in [3.8, 4) is 0 Å². The summed E-state index contributed by atoms with van der Waals surface area (Å²) in [5, 5.41) is 0.204. The van der Waals surface area contributed by atoms with Crippen molar-refractivity contribution in [3.05, 3.63) is 17.5 Å². The number of piperidine rings is 1. The van der Waals surface area contributed by atoms with Gasteiger partial charge in [0.05, 0.1) is 0 Å². The van der Waals surface area contributed by atoms with E-state index in [1.165, 1.54) is 16.7 Å². The largest absolute Gasteiger partial charge is 0.302 e. The first-order chi connectivity index (χ1) is 8.47. The highest BCUT2D eigenvalue weighted by Gasteiger charge is 2.26. The second-order valence-corrected chi connectivity index (χ2v) is 6.47. The third-order valence-electron chi connectivity index (χ3n) is 2.95. The third-order valence-corrected chi connectivity index (χ3v) is 4.67. The minimum atomic E-state index is -3.54. The number of rotatable bonds is 3. The van der Waals surface area contributed by atoms with Crippen LogP contribution in [0.5, 0.6) is 0 Å². The fraction of sp³-hybridized carbons (Fsp3) is 0.600. The van der Waals surface area contributed by atoms with E-state index < -0.39 is 10.2 Å². The van der Waals surface area contributed by atoms with Gasteiger partial charge in [0.2, 0.25) is 0 Å². The van der Waals surface area contributed by atoms with Crippen molar-refractivity contribution in [1.82, 2.24) is 14.3 Å². The van der Waals surface area contributed by atoms with Crippen LogP contribution in [0.4, 0.5) is 5.82 Å². The number of hydrogen-bond donors (Lipinski definition) is 1. The van der Waals surface area contributed by atoms with Crippen molar-refractivity contribution in [1.29, 1.82) is 0 Å². The highest BCUT2D eigenvalue weighted by molar-refractivity contribution is 7.90. The summed E-state index contributed by atoms with van der Waals surface area (Å²) in [5.74, 6) is 0.763. The summed E-state index contributed by atoms with van der Waals surface area (Å²) >= 11 is 5.68. The molecular formula is C10H15ClN4O2S. The molecule has 18 heavy (non-hydrogen) atoms. The minimum absolute atomic E-state index is 0.189. The van der Waals surface area contributed by atoms with E-state index in [0.29, 0.717) is 19.0 Å². The molecule has 1 aromatic heterocycles. The van der Waals surface area contributed by atoms with Gasteiger partial charge in [0.15, 0.2) is 0 Å². The maximum atomic E-state index is 12.1. The second kappa shape index (κ2) is 5.38. The van der Waals surface area contributed by atoms with Crippen molar-refractivity contribution >= 4 is 27.6 Å². The Labute approximate surface area is 112 Å². The minimum Gasteiger partial charge on any atom is -0.254 e. The molecule has 0 unspecified atom stereocenters. The molecule has 0 radical (unpaired) electrons. The molecule has 100 valence electrons. The molecule has 1 aromatic rings. The van der Waals surface area contributed by atoms with Crippen LogP contribution in [0.2, 0.25) is 5.15 Å². The maximum absolute atomic E-state index is 12.1. The SMILES string of the molecule is CC1CCN(S(=O)(=O)Nc2cc(Cl)ncn2)CC1. The Morgan fingerprint density at radius 1 is 1.39 bits per heavy atom. The molecule has 0 aromatic carbocycles. The molecule has 1 aliphatic rings. The Balaban J connectivity index is 2.08. The zero-order valence-electron chi connectivity index (χ0n) is 10.0. The van der Waals surface area contributed by atoms with Gasteiger partial charge in [0.25, 0.3) is 0 Å². The quantitative estimate of drug-likeness (QED) is 0.857. The standard InChI is InChI=1S/C10H15ClN4O2S/c1-8-2-4-15(5-3-8)18(16,17)14-10-6-9(11)12-7-13-10/h6-8H,2-5H2,1H3,(H,12,13,14). The molecule has 6 nitrogen and oxygen atoms in total. The van der Waals surface area contributed by atoms with Crippen LogP contribution in [-0.4, -0.2) is 35.8 Å². The van der Waals surface area contributed by atoms with Gasteiger partial charge in [-0.05, 0) is 18.8 Å². The van der Waals surface area contributed by atoms with Crippen LogP contribution < -0.4 is 4.72 Å². The monoisotopic (exact) mass is 290 g/mol. The lowest BCUT2D eigenvalue weighted by molar-refractivity contribution is 0.289. The highest BCUT2D eigenvalue weighted by Crippen LogP contribution is 2.20.